The maximum Gasteiger partial charge on any atom is 0.270 e. The van der Waals surface area contributed by atoms with Crippen molar-refractivity contribution in [3.63, 3.8) is 0 Å². The Balaban J connectivity index is 1.84. The summed E-state index contributed by atoms with van der Waals surface area (Å²) in [6, 6.07) is 6.25. The predicted octanol–water partition coefficient (Wildman–Crippen LogP) is 3.52. The number of nitro benzene ring substituents is 1. The molecule has 0 amide bonds. The Kier molecular flexibility index (Phi) is 3.08. The smallest absolute Gasteiger partial charge is 0.270 e. The molecule has 3 aromatic rings. The Morgan fingerprint density at radius 1 is 1.33 bits per heavy atom. The number of benzene rings is 1. The maximum absolute atomic E-state index is 12.3. The molecular formula is C16H14N4O3S. The van der Waals surface area contributed by atoms with Crippen molar-refractivity contribution >= 4 is 27.8 Å². The number of hydrogen-bond donors (Lipinski definition) is 0. The number of nitrogens with zero attached hydrogens (tertiary/aromatic N) is 4. The molecular weight excluding hydrogens is 328 g/mol. The molecule has 2 heterocycles. The summed E-state index contributed by atoms with van der Waals surface area (Å²) in [5.41, 5.74) is 1.38. The van der Waals surface area contributed by atoms with Crippen LogP contribution in [-0.4, -0.2) is 25.3 Å². The SMILES string of the molecule is CC1(C)CC(=O)c2sc3nc(-c4cccc([N+](=O)[O-])c4)nn3c2C1. The van der Waals surface area contributed by atoms with Crippen LogP contribution in [0.1, 0.15) is 35.6 Å². The fraction of sp³-hybridized carbons (Fsp3) is 0.312. The van der Waals surface area contributed by atoms with Gasteiger partial charge < -0.3 is 0 Å². The van der Waals surface area contributed by atoms with Gasteiger partial charge in [-0.3, -0.25) is 14.9 Å². The number of hydrogen-bond acceptors (Lipinski definition) is 6. The molecule has 1 aromatic carbocycles. The van der Waals surface area contributed by atoms with Crippen LogP contribution >= 0.6 is 11.3 Å². The standard InChI is InChI=1S/C16H14N4O3S/c1-16(2)7-11-13(12(21)8-16)24-15-17-14(18-19(11)15)9-4-3-5-10(6-9)20(22)23/h3-6H,7-8H2,1-2H3. The van der Waals surface area contributed by atoms with E-state index in [0.717, 1.165) is 17.0 Å². The van der Waals surface area contributed by atoms with E-state index in [9.17, 15) is 14.9 Å². The van der Waals surface area contributed by atoms with Crippen LogP contribution in [0, 0.1) is 15.5 Å². The van der Waals surface area contributed by atoms with E-state index in [1.165, 1.54) is 23.5 Å². The van der Waals surface area contributed by atoms with E-state index in [1.54, 1.807) is 16.6 Å². The zero-order valence-electron chi connectivity index (χ0n) is 13.1. The van der Waals surface area contributed by atoms with Crippen LogP contribution in [0.15, 0.2) is 24.3 Å². The number of non-ortho nitro benzene ring substituents is 1. The topological polar surface area (TPSA) is 90.4 Å². The van der Waals surface area contributed by atoms with Crippen molar-refractivity contribution in [3.8, 4) is 11.4 Å². The van der Waals surface area contributed by atoms with Crippen LogP contribution in [0.5, 0.6) is 0 Å². The lowest BCUT2D eigenvalue weighted by Crippen LogP contribution is -2.27. The lowest BCUT2D eigenvalue weighted by molar-refractivity contribution is -0.384. The molecule has 0 spiro atoms. The molecule has 24 heavy (non-hydrogen) atoms. The monoisotopic (exact) mass is 342 g/mol. The molecule has 4 rings (SSSR count). The molecule has 0 radical (unpaired) electrons. The first-order chi connectivity index (χ1) is 11.3. The number of carbonyl (C=O) groups is 1. The van der Waals surface area contributed by atoms with Gasteiger partial charge in [0.1, 0.15) is 0 Å². The second-order valence-corrected chi connectivity index (χ2v) is 7.73. The van der Waals surface area contributed by atoms with Crippen LogP contribution in [0.4, 0.5) is 5.69 Å². The van der Waals surface area contributed by atoms with E-state index >= 15 is 0 Å². The summed E-state index contributed by atoms with van der Waals surface area (Å²) in [5.74, 6) is 0.569. The summed E-state index contributed by atoms with van der Waals surface area (Å²) in [4.78, 5) is 28.6. The fourth-order valence-electron chi connectivity index (χ4n) is 3.07. The fourth-order valence-corrected chi connectivity index (χ4v) is 4.09. The van der Waals surface area contributed by atoms with Crippen molar-refractivity contribution in [3.05, 3.63) is 45.0 Å². The summed E-state index contributed by atoms with van der Waals surface area (Å²) in [7, 11) is 0. The zero-order chi connectivity index (χ0) is 17.1. The molecule has 0 aliphatic heterocycles. The number of nitro groups is 1. The highest BCUT2D eigenvalue weighted by molar-refractivity contribution is 7.19. The molecule has 0 saturated heterocycles. The van der Waals surface area contributed by atoms with Crippen molar-refractivity contribution in [2.45, 2.75) is 26.7 Å². The minimum Gasteiger partial charge on any atom is -0.293 e. The Morgan fingerprint density at radius 2 is 2.12 bits per heavy atom. The second kappa shape index (κ2) is 4.94. The number of rotatable bonds is 2. The van der Waals surface area contributed by atoms with Gasteiger partial charge >= 0.3 is 0 Å². The third-order valence-corrected chi connectivity index (χ3v) is 5.26. The van der Waals surface area contributed by atoms with Crippen LogP contribution in [-0.2, 0) is 6.42 Å². The minimum absolute atomic E-state index is 0.00370. The van der Waals surface area contributed by atoms with Gasteiger partial charge in [-0.05, 0) is 11.8 Å². The first-order valence-electron chi connectivity index (χ1n) is 7.50. The molecule has 1 aliphatic carbocycles. The van der Waals surface area contributed by atoms with E-state index in [1.807, 2.05) is 0 Å². The Morgan fingerprint density at radius 3 is 2.88 bits per heavy atom. The van der Waals surface area contributed by atoms with Gasteiger partial charge in [-0.1, -0.05) is 37.3 Å². The molecule has 8 heteroatoms. The van der Waals surface area contributed by atoms with Gasteiger partial charge in [0.2, 0.25) is 4.96 Å². The largest absolute Gasteiger partial charge is 0.293 e. The number of aromatic nitrogens is 3. The Labute approximate surface area is 141 Å². The van der Waals surface area contributed by atoms with Crippen molar-refractivity contribution in [2.75, 3.05) is 0 Å². The maximum atomic E-state index is 12.3. The number of ketones is 1. The summed E-state index contributed by atoms with van der Waals surface area (Å²) in [5, 5.41) is 15.4. The summed E-state index contributed by atoms with van der Waals surface area (Å²) in [6.07, 6.45) is 1.28. The van der Waals surface area contributed by atoms with E-state index in [4.69, 9.17) is 0 Å². The van der Waals surface area contributed by atoms with E-state index in [2.05, 4.69) is 23.9 Å². The number of carbonyl (C=O) groups excluding carboxylic acids is 1. The molecule has 0 unspecified atom stereocenters. The lowest BCUT2D eigenvalue weighted by Gasteiger charge is -2.27. The highest BCUT2D eigenvalue weighted by Gasteiger charge is 2.35. The van der Waals surface area contributed by atoms with Gasteiger partial charge in [0.05, 0.1) is 15.5 Å². The number of thiazole rings is 1. The first kappa shape index (κ1) is 14.9. The van der Waals surface area contributed by atoms with Gasteiger partial charge in [0.25, 0.3) is 5.69 Å². The van der Waals surface area contributed by atoms with Crippen molar-refractivity contribution < 1.29 is 9.72 Å². The average molecular weight is 342 g/mol. The summed E-state index contributed by atoms with van der Waals surface area (Å²) in [6.45, 7) is 4.13. The molecule has 0 saturated carbocycles. The summed E-state index contributed by atoms with van der Waals surface area (Å²) < 4.78 is 1.72. The molecule has 2 aromatic heterocycles. The van der Waals surface area contributed by atoms with Crippen molar-refractivity contribution in [1.82, 2.24) is 14.6 Å². The van der Waals surface area contributed by atoms with Gasteiger partial charge in [0, 0.05) is 24.1 Å². The molecule has 1 aliphatic rings. The Hall–Kier alpha value is -2.61. The predicted molar refractivity (Wildman–Crippen MR) is 89.4 cm³/mol. The van der Waals surface area contributed by atoms with E-state index in [-0.39, 0.29) is 16.9 Å². The molecule has 122 valence electrons. The average Bonchev–Trinajstić information content (AvgIpc) is 3.06. The quantitative estimate of drug-likeness (QED) is 0.525. The lowest BCUT2D eigenvalue weighted by atomic mass is 9.78. The summed E-state index contributed by atoms with van der Waals surface area (Å²) >= 11 is 1.34. The molecule has 0 bridgehead atoms. The normalized spacial score (nSPS) is 16.3. The van der Waals surface area contributed by atoms with Gasteiger partial charge in [-0.25, -0.2) is 4.52 Å². The molecule has 7 nitrogen and oxygen atoms in total. The molecule has 0 atom stereocenters. The first-order valence-corrected chi connectivity index (χ1v) is 8.32. The van der Waals surface area contributed by atoms with Crippen LogP contribution in [0.25, 0.3) is 16.3 Å². The Bertz CT molecular complexity index is 1000. The number of Topliss-reactive ketones (excluding diaryl/α,β-unsaturated/α-hetero) is 1. The van der Waals surface area contributed by atoms with Crippen LogP contribution in [0.2, 0.25) is 0 Å². The van der Waals surface area contributed by atoms with Gasteiger partial charge in [0.15, 0.2) is 11.6 Å². The van der Waals surface area contributed by atoms with Crippen molar-refractivity contribution in [1.29, 1.82) is 0 Å². The van der Waals surface area contributed by atoms with Crippen LogP contribution < -0.4 is 0 Å². The van der Waals surface area contributed by atoms with E-state index in [0.29, 0.717) is 22.8 Å². The van der Waals surface area contributed by atoms with Gasteiger partial charge in [-0.15, -0.1) is 5.10 Å². The number of fused-ring (bicyclic) bond motifs is 3. The highest BCUT2D eigenvalue weighted by atomic mass is 32.1. The minimum atomic E-state index is -0.440. The van der Waals surface area contributed by atoms with Crippen LogP contribution in [0.3, 0.4) is 0 Å². The second-order valence-electron chi connectivity index (χ2n) is 6.76. The third-order valence-electron chi connectivity index (χ3n) is 4.14. The highest BCUT2D eigenvalue weighted by Crippen LogP contribution is 2.38. The molecule has 0 fully saturated rings. The third kappa shape index (κ3) is 2.30. The molecule has 0 N–H and O–H groups in total. The van der Waals surface area contributed by atoms with E-state index < -0.39 is 4.92 Å². The van der Waals surface area contributed by atoms with Crippen molar-refractivity contribution in [2.24, 2.45) is 5.41 Å². The van der Waals surface area contributed by atoms with Gasteiger partial charge in [-0.2, -0.15) is 4.98 Å². The zero-order valence-corrected chi connectivity index (χ0v) is 14.0.